The molecule has 0 aromatic carbocycles. The zero-order valence-corrected chi connectivity index (χ0v) is 24.7. The second-order valence-corrected chi connectivity index (χ2v) is 13.0. The molecule has 1 fully saturated rings. The molecule has 3 aliphatic heterocycles. The molecule has 39 heavy (non-hydrogen) atoms. The summed E-state index contributed by atoms with van der Waals surface area (Å²) in [5.74, 6) is -1.27. The van der Waals surface area contributed by atoms with Gasteiger partial charge in [-0.25, -0.2) is 9.59 Å². The van der Waals surface area contributed by atoms with Gasteiger partial charge in [0.2, 0.25) is 0 Å². The van der Waals surface area contributed by atoms with Crippen LogP contribution in [0, 0.1) is 0 Å². The number of ether oxygens (including phenoxy) is 4. The molecule has 3 amide bonds. The van der Waals surface area contributed by atoms with Gasteiger partial charge in [0.15, 0.2) is 6.04 Å². The molecule has 0 aromatic heterocycles. The van der Waals surface area contributed by atoms with E-state index < -0.39 is 58.5 Å². The average molecular weight is 586 g/mol. The molecule has 3 unspecified atom stereocenters. The number of nitrogens with one attached hydrogen (secondary N) is 2. The molecular formula is C25H35N3O9S2. The van der Waals surface area contributed by atoms with Crippen molar-refractivity contribution < 1.29 is 42.9 Å². The first-order valence-corrected chi connectivity index (χ1v) is 14.4. The normalized spacial score (nSPS) is 21.9. The molecule has 0 aromatic rings. The van der Waals surface area contributed by atoms with E-state index in [0.717, 1.165) is 0 Å². The summed E-state index contributed by atoms with van der Waals surface area (Å²) in [7, 11) is 0. The van der Waals surface area contributed by atoms with E-state index in [1.54, 1.807) is 47.0 Å². The van der Waals surface area contributed by atoms with E-state index in [1.807, 2.05) is 0 Å². The van der Waals surface area contributed by atoms with Gasteiger partial charge in [-0.2, -0.15) is 0 Å². The minimum Gasteiger partial charge on any atom is -0.494 e. The maximum absolute atomic E-state index is 13.4. The number of thioether (sulfide) groups is 2. The van der Waals surface area contributed by atoms with Crippen LogP contribution in [-0.4, -0.2) is 88.1 Å². The van der Waals surface area contributed by atoms with Crippen molar-refractivity contribution in [3.05, 3.63) is 22.4 Å². The van der Waals surface area contributed by atoms with Crippen molar-refractivity contribution >= 4 is 53.4 Å². The summed E-state index contributed by atoms with van der Waals surface area (Å²) in [6.07, 6.45) is -0.818. The Morgan fingerprint density at radius 1 is 1.13 bits per heavy atom. The lowest BCUT2D eigenvalue weighted by Gasteiger charge is -2.50. The number of hydrogen-bond acceptors (Lipinski definition) is 11. The predicted molar refractivity (Wildman–Crippen MR) is 144 cm³/mol. The third-order valence-electron chi connectivity index (χ3n) is 5.26. The summed E-state index contributed by atoms with van der Waals surface area (Å²) in [4.78, 5) is 64.9. The largest absolute Gasteiger partial charge is 0.494 e. The molecule has 3 atom stereocenters. The molecule has 3 rings (SSSR count). The highest BCUT2D eigenvalue weighted by atomic mass is 32.2. The molecule has 0 aliphatic carbocycles. The van der Waals surface area contributed by atoms with Crippen LogP contribution >= 0.6 is 23.5 Å². The molecule has 0 saturated carbocycles. The fourth-order valence-corrected chi connectivity index (χ4v) is 5.75. The maximum Gasteiger partial charge on any atom is 0.408 e. The Bertz CT molecular complexity index is 1090. The summed E-state index contributed by atoms with van der Waals surface area (Å²) >= 11 is 2.74. The van der Waals surface area contributed by atoms with Gasteiger partial charge in [-0.3, -0.25) is 19.3 Å². The zero-order valence-electron chi connectivity index (χ0n) is 23.1. The number of carbonyl (C=O) groups is 5. The molecule has 1 saturated heterocycles. The van der Waals surface area contributed by atoms with Crippen LogP contribution in [0.25, 0.3) is 0 Å². The summed E-state index contributed by atoms with van der Waals surface area (Å²) in [6.45, 7) is 11.6. The number of esters is 2. The Labute approximate surface area is 235 Å². The van der Waals surface area contributed by atoms with Crippen LogP contribution in [0.1, 0.15) is 48.5 Å². The fraction of sp³-hybridized carbons (Fsp3) is 0.640. The Kier molecular flexibility index (Phi) is 9.52. The van der Waals surface area contributed by atoms with Gasteiger partial charge in [0.05, 0.1) is 6.61 Å². The quantitative estimate of drug-likeness (QED) is 0.257. The van der Waals surface area contributed by atoms with Crippen LogP contribution in [0.15, 0.2) is 22.4 Å². The van der Waals surface area contributed by atoms with Crippen molar-refractivity contribution in [2.24, 2.45) is 0 Å². The summed E-state index contributed by atoms with van der Waals surface area (Å²) < 4.78 is 21.5. The van der Waals surface area contributed by atoms with Gasteiger partial charge in [0.25, 0.3) is 11.8 Å². The lowest BCUT2D eigenvalue weighted by molar-refractivity contribution is -0.159. The van der Waals surface area contributed by atoms with Crippen molar-refractivity contribution in [3.63, 3.8) is 0 Å². The first kappa shape index (κ1) is 30.7. The molecule has 3 aliphatic rings. The average Bonchev–Trinajstić information content (AvgIpc) is 2.82. The summed E-state index contributed by atoms with van der Waals surface area (Å²) in [5, 5.41) is 6.25. The summed E-state index contributed by atoms with van der Waals surface area (Å²) in [5.41, 5.74) is -1.19. The standard InChI is InChI=1S/C25H35N3O9S2/c1-13(29)35-10-14-11-39-21-17(20(31)28(21)18(14)22(32)36-24(2,3)4)26-19(30)16(15-12-38-9-8-34-15)27-23(33)37-25(5,6)7/h12,16-17,21H,8-11H2,1-7H3,(H,26,30)(H,27,33). The number of fused-ring (bicyclic) bond motifs is 1. The van der Waals surface area contributed by atoms with Crippen LogP contribution in [0.2, 0.25) is 0 Å². The Balaban J connectivity index is 1.80. The van der Waals surface area contributed by atoms with Crippen molar-refractivity contribution in [2.75, 3.05) is 24.7 Å². The van der Waals surface area contributed by atoms with E-state index >= 15 is 0 Å². The monoisotopic (exact) mass is 585 g/mol. The molecule has 14 heteroatoms. The summed E-state index contributed by atoms with van der Waals surface area (Å²) in [6, 6.07) is -2.21. The number of nitrogens with zero attached hydrogens (tertiary/aromatic N) is 1. The zero-order chi connectivity index (χ0) is 29.1. The molecule has 12 nitrogen and oxygen atoms in total. The molecule has 2 N–H and O–H groups in total. The lowest BCUT2D eigenvalue weighted by Crippen LogP contribution is -2.72. The van der Waals surface area contributed by atoms with Crippen molar-refractivity contribution in [2.45, 2.75) is 77.1 Å². The minimum atomic E-state index is -1.23. The molecule has 0 bridgehead atoms. The molecule has 3 heterocycles. The van der Waals surface area contributed by atoms with Crippen molar-refractivity contribution in [1.29, 1.82) is 0 Å². The molecule has 0 radical (unpaired) electrons. The fourth-order valence-electron chi connectivity index (χ4n) is 3.76. The number of β-lactam (4-membered cyclic amide) rings is 1. The van der Waals surface area contributed by atoms with Crippen LogP contribution < -0.4 is 10.6 Å². The van der Waals surface area contributed by atoms with E-state index in [4.69, 9.17) is 18.9 Å². The van der Waals surface area contributed by atoms with Crippen LogP contribution in [0.4, 0.5) is 4.79 Å². The second-order valence-electron chi connectivity index (χ2n) is 10.9. The number of alkyl carbamates (subject to hydrolysis) is 1. The highest BCUT2D eigenvalue weighted by Crippen LogP contribution is 2.41. The van der Waals surface area contributed by atoms with E-state index in [2.05, 4.69) is 10.6 Å². The molecular weight excluding hydrogens is 550 g/mol. The highest BCUT2D eigenvalue weighted by Gasteiger charge is 2.55. The van der Waals surface area contributed by atoms with Gasteiger partial charge >= 0.3 is 18.0 Å². The molecule has 0 spiro atoms. The Hall–Kier alpha value is -2.87. The third-order valence-corrected chi connectivity index (χ3v) is 7.41. The van der Waals surface area contributed by atoms with Gasteiger partial charge in [-0.05, 0) is 41.5 Å². The van der Waals surface area contributed by atoms with Crippen LogP contribution in [0.3, 0.4) is 0 Å². The number of amides is 3. The number of rotatable bonds is 7. The smallest absolute Gasteiger partial charge is 0.408 e. The van der Waals surface area contributed by atoms with Gasteiger partial charge in [0, 0.05) is 29.4 Å². The Morgan fingerprint density at radius 2 is 1.79 bits per heavy atom. The van der Waals surface area contributed by atoms with Gasteiger partial charge in [-0.15, -0.1) is 23.5 Å². The molecule has 216 valence electrons. The van der Waals surface area contributed by atoms with E-state index in [0.29, 0.717) is 17.9 Å². The number of carbonyl (C=O) groups excluding carboxylic acids is 5. The Morgan fingerprint density at radius 3 is 2.36 bits per heavy atom. The van der Waals surface area contributed by atoms with E-state index in [9.17, 15) is 24.0 Å². The topological polar surface area (TPSA) is 150 Å². The maximum atomic E-state index is 13.4. The van der Waals surface area contributed by atoms with Gasteiger partial charge < -0.3 is 29.6 Å². The van der Waals surface area contributed by atoms with Crippen LogP contribution in [0.5, 0.6) is 0 Å². The van der Waals surface area contributed by atoms with E-state index in [-0.39, 0.29) is 23.8 Å². The minimum absolute atomic E-state index is 0.00331. The SMILES string of the molecule is CC(=O)OCC1=C(C(=O)OC(C)(C)C)N2C(=O)C(NC(=O)C(NC(=O)OC(C)(C)C)C3=CSCCO3)C2SC1. The first-order valence-electron chi connectivity index (χ1n) is 12.3. The predicted octanol–water partition coefficient (Wildman–Crippen LogP) is 2.04. The lowest BCUT2D eigenvalue weighted by atomic mass is 10.0. The third kappa shape index (κ3) is 8.07. The van der Waals surface area contributed by atoms with Crippen molar-refractivity contribution in [3.8, 4) is 0 Å². The number of hydrogen-bond donors (Lipinski definition) is 2. The van der Waals surface area contributed by atoms with E-state index in [1.165, 1.54) is 35.3 Å². The first-order chi connectivity index (χ1) is 18.1. The van der Waals surface area contributed by atoms with Gasteiger partial charge in [-0.1, -0.05) is 0 Å². The van der Waals surface area contributed by atoms with Gasteiger partial charge in [0.1, 0.15) is 40.7 Å². The van der Waals surface area contributed by atoms with Crippen LogP contribution in [-0.2, 0) is 38.1 Å². The second kappa shape index (κ2) is 12.1. The van der Waals surface area contributed by atoms with Crippen molar-refractivity contribution in [1.82, 2.24) is 15.5 Å². The highest BCUT2D eigenvalue weighted by molar-refractivity contribution is 8.02.